The van der Waals surface area contributed by atoms with Gasteiger partial charge in [-0.05, 0) is 24.1 Å². The second-order valence-electron chi connectivity index (χ2n) is 5.48. The van der Waals surface area contributed by atoms with E-state index in [-0.39, 0.29) is 12.5 Å². The normalized spacial score (nSPS) is 20.9. The van der Waals surface area contributed by atoms with Gasteiger partial charge >= 0.3 is 12.1 Å². The fourth-order valence-corrected chi connectivity index (χ4v) is 2.77. The van der Waals surface area contributed by atoms with E-state index in [4.69, 9.17) is 16.3 Å². The van der Waals surface area contributed by atoms with Crippen LogP contribution in [0.2, 0.25) is 5.02 Å². The highest BCUT2D eigenvalue weighted by atomic mass is 35.5. The predicted molar refractivity (Wildman–Crippen MR) is 83.1 cm³/mol. The summed E-state index contributed by atoms with van der Waals surface area (Å²) in [5.41, 5.74) is 0.876. The minimum atomic E-state index is -0.899. The maximum atomic E-state index is 12.0. The number of nitrogens with zero attached hydrogens (tertiary/aromatic N) is 1. The average Bonchev–Trinajstić information content (AvgIpc) is 2.93. The average molecular weight is 326 g/mol. The number of amides is 1. The summed E-state index contributed by atoms with van der Waals surface area (Å²) in [4.78, 5) is 25.0. The topological polar surface area (TPSA) is 66.8 Å². The zero-order valence-corrected chi connectivity index (χ0v) is 13.3. The standard InChI is InChI=1S/C16H20ClNO4/c1-2-3-8-22-16(21)18-9-13(14(10-18)15(19)20)11-4-6-12(17)7-5-11/h4-7,13-14H,2-3,8-10H2,1H3,(H,19,20)/t13-,14+/m0/s1. The maximum Gasteiger partial charge on any atom is 0.409 e. The molecule has 0 saturated carbocycles. The van der Waals surface area contributed by atoms with Crippen molar-refractivity contribution in [2.24, 2.45) is 5.92 Å². The molecule has 0 aromatic heterocycles. The van der Waals surface area contributed by atoms with Crippen LogP contribution in [-0.4, -0.2) is 41.8 Å². The second-order valence-corrected chi connectivity index (χ2v) is 5.91. The molecule has 5 nitrogen and oxygen atoms in total. The van der Waals surface area contributed by atoms with E-state index in [1.54, 1.807) is 12.1 Å². The van der Waals surface area contributed by atoms with Crippen LogP contribution in [0.15, 0.2) is 24.3 Å². The van der Waals surface area contributed by atoms with Crippen LogP contribution in [0.1, 0.15) is 31.2 Å². The Hall–Kier alpha value is -1.75. The van der Waals surface area contributed by atoms with Crippen LogP contribution in [-0.2, 0) is 9.53 Å². The predicted octanol–water partition coefficient (Wildman–Crippen LogP) is 3.38. The van der Waals surface area contributed by atoms with E-state index in [9.17, 15) is 14.7 Å². The third-order valence-electron chi connectivity index (χ3n) is 3.92. The Labute approximate surface area is 134 Å². The van der Waals surface area contributed by atoms with Gasteiger partial charge in [0.05, 0.1) is 12.5 Å². The highest BCUT2D eigenvalue weighted by Crippen LogP contribution is 2.33. The summed E-state index contributed by atoms with van der Waals surface area (Å²) >= 11 is 5.87. The SMILES string of the molecule is CCCCOC(=O)N1C[C@@H](C(=O)O)[C@H](c2ccc(Cl)cc2)C1. The van der Waals surface area contributed by atoms with Gasteiger partial charge in [0.1, 0.15) is 0 Å². The number of likely N-dealkylation sites (tertiary alicyclic amines) is 1. The van der Waals surface area contributed by atoms with E-state index in [1.807, 2.05) is 19.1 Å². The lowest BCUT2D eigenvalue weighted by atomic mass is 9.89. The Morgan fingerprint density at radius 1 is 1.32 bits per heavy atom. The molecule has 1 N–H and O–H groups in total. The second kappa shape index (κ2) is 7.49. The van der Waals surface area contributed by atoms with E-state index < -0.39 is 18.0 Å². The lowest BCUT2D eigenvalue weighted by molar-refractivity contribution is -0.141. The minimum Gasteiger partial charge on any atom is -0.481 e. The maximum absolute atomic E-state index is 12.0. The molecule has 1 fully saturated rings. The molecule has 0 spiro atoms. The molecule has 0 aliphatic carbocycles. The van der Waals surface area contributed by atoms with Crippen molar-refractivity contribution in [2.45, 2.75) is 25.7 Å². The van der Waals surface area contributed by atoms with Gasteiger partial charge in [-0.3, -0.25) is 4.79 Å². The Kier molecular flexibility index (Phi) is 5.66. The molecule has 1 amide bonds. The number of carbonyl (C=O) groups excluding carboxylic acids is 1. The quantitative estimate of drug-likeness (QED) is 0.843. The van der Waals surface area contributed by atoms with Crippen molar-refractivity contribution in [2.75, 3.05) is 19.7 Å². The number of carboxylic acids is 1. The summed E-state index contributed by atoms with van der Waals surface area (Å²) in [6.07, 6.45) is 1.32. The molecule has 1 saturated heterocycles. The molecule has 1 aromatic rings. The third kappa shape index (κ3) is 3.91. The van der Waals surface area contributed by atoms with E-state index >= 15 is 0 Å². The zero-order chi connectivity index (χ0) is 16.1. The monoisotopic (exact) mass is 325 g/mol. The molecule has 120 valence electrons. The number of hydrogen-bond acceptors (Lipinski definition) is 3. The fraction of sp³-hybridized carbons (Fsp3) is 0.500. The molecule has 0 bridgehead atoms. The number of halogens is 1. The lowest BCUT2D eigenvalue weighted by Gasteiger charge is -2.16. The number of unbranched alkanes of at least 4 members (excludes halogenated alkanes) is 1. The van der Waals surface area contributed by atoms with Crippen molar-refractivity contribution in [3.63, 3.8) is 0 Å². The third-order valence-corrected chi connectivity index (χ3v) is 4.17. The Morgan fingerprint density at radius 3 is 2.59 bits per heavy atom. The molecule has 6 heteroatoms. The van der Waals surface area contributed by atoms with Gasteiger partial charge in [0, 0.05) is 24.0 Å². The summed E-state index contributed by atoms with van der Waals surface area (Å²) in [5, 5.41) is 10.0. The Balaban J connectivity index is 2.08. The highest BCUT2D eigenvalue weighted by Gasteiger charge is 2.41. The number of hydrogen-bond donors (Lipinski definition) is 1. The van der Waals surface area contributed by atoms with Crippen LogP contribution in [0.25, 0.3) is 0 Å². The van der Waals surface area contributed by atoms with Crippen LogP contribution in [0, 0.1) is 5.92 Å². The van der Waals surface area contributed by atoms with Crippen molar-refractivity contribution < 1.29 is 19.4 Å². The summed E-state index contributed by atoms with van der Waals surface area (Å²) in [5.74, 6) is -1.77. The largest absolute Gasteiger partial charge is 0.481 e. The molecular weight excluding hydrogens is 306 g/mol. The summed E-state index contributed by atoms with van der Waals surface area (Å²) in [6.45, 7) is 2.91. The number of ether oxygens (including phenoxy) is 1. The van der Waals surface area contributed by atoms with Crippen LogP contribution in [0.3, 0.4) is 0 Å². The van der Waals surface area contributed by atoms with Crippen LogP contribution >= 0.6 is 11.6 Å². The first kappa shape index (κ1) is 16.6. The molecule has 2 atom stereocenters. The van der Waals surface area contributed by atoms with Crippen molar-refractivity contribution >= 4 is 23.7 Å². The number of benzene rings is 1. The molecule has 1 aromatic carbocycles. The van der Waals surface area contributed by atoms with Gasteiger partial charge in [0.2, 0.25) is 0 Å². The van der Waals surface area contributed by atoms with Gasteiger partial charge in [-0.25, -0.2) is 4.79 Å². The van der Waals surface area contributed by atoms with E-state index in [0.29, 0.717) is 18.2 Å². The van der Waals surface area contributed by atoms with Gasteiger partial charge in [0.15, 0.2) is 0 Å². The van der Waals surface area contributed by atoms with Crippen LogP contribution in [0.4, 0.5) is 4.79 Å². The first-order valence-corrected chi connectivity index (χ1v) is 7.80. The molecule has 1 aliphatic rings. The first-order valence-electron chi connectivity index (χ1n) is 7.43. The van der Waals surface area contributed by atoms with Gasteiger partial charge in [-0.15, -0.1) is 0 Å². The van der Waals surface area contributed by atoms with E-state index in [2.05, 4.69) is 0 Å². The molecule has 22 heavy (non-hydrogen) atoms. The summed E-state index contributed by atoms with van der Waals surface area (Å²) < 4.78 is 5.17. The number of carbonyl (C=O) groups is 2. The lowest BCUT2D eigenvalue weighted by Crippen LogP contribution is -2.30. The highest BCUT2D eigenvalue weighted by molar-refractivity contribution is 6.30. The molecule has 0 unspecified atom stereocenters. The molecule has 2 rings (SSSR count). The van der Waals surface area contributed by atoms with E-state index in [1.165, 1.54) is 4.90 Å². The molecule has 0 radical (unpaired) electrons. The van der Waals surface area contributed by atoms with Crippen molar-refractivity contribution in [1.82, 2.24) is 4.90 Å². The summed E-state index contributed by atoms with van der Waals surface area (Å²) in [6, 6.07) is 7.10. The number of carboxylic acid groups (broad SMARTS) is 1. The van der Waals surface area contributed by atoms with Gasteiger partial charge in [-0.1, -0.05) is 37.1 Å². The van der Waals surface area contributed by atoms with Gasteiger partial charge in [0.25, 0.3) is 0 Å². The molecular formula is C16H20ClNO4. The Morgan fingerprint density at radius 2 is 2.00 bits per heavy atom. The number of rotatable bonds is 5. The minimum absolute atomic E-state index is 0.174. The Bertz CT molecular complexity index is 531. The van der Waals surface area contributed by atoms with Gasteiger partial charge < -0.3 is 14.7 Å². The number of aliphatic carboxylic acids is 1. The van der Waals surface area contributed by atoms with Crippen molar-refractivity contribution in [1.29, 1.82) is 0 Å². The van der Waals surface area contributed by atoms with Crippen molar-refractivity contribution in [3.05, 3.63) is 34.9 Å². The van der Waals surface area contributed by atoms with Crippen LogP contribution in [0.5, 0.6) is 0 Å². The molecule has 1 heterocycles. The van der Waals surface area contributed by atoms with E-state index in [0.717, 1.165) is 18.4 Å². The van der Waals surface area contributed by atoms with Gasteiger partial charge in [-0.2, -0.15) is 0 Å². The van der Waals surface area contributed by atoms with Crippen LogP contribution < -0.4 is 0 Å². The zero-order valence-electron chi connectivity index (χ0n) is 12.5. The first-order chi connectivity index (χ1) is 10.5. The molecule has 1 aliphatic heterocycles. The fourth-order valence-electron chi connectivity index (χ4n) is 2.65. The smallest absolute Gasteiger partial charge is 0.409 e. The van der Waals surface area contributed by atoms with Crippen molar-refractivity contribution in [3.8, 4) is 0 Å². The summed E-state index contributed by atoms with van der Waals surface area (Å²) in [7, 11) is 0.